The van der Waals surface area contributed by atoms with Gasteiger partial charge in [0.2, 0.25) is 0 Å². The lowest BCUT2D eigenvalue weighted by Crippen LogP contribution is -2.40. The van der Waals surface area contributed by atoms with Crippen LogP contribution in [0.3, 0.4) is 0 Å². The molecule has 1 aromatic rings. The van der Waals surface area contributed by atoms with Crippen LogP contribution in [0.25, 0.3) is 0 Å². The summed E-state index contributed by atoms with van der Waals surface area (Å²) in [5.74, 6) is 1.79. The van der Waals surface area contributed by atoms with E-state index in [1.807, 2.05) is 25.1 Å². The second kappa shape index (κ2) is 11.3. The van der Waals surface area contributed by atoms with Gasteiger partial charge in [0.25, 0.3) is 0 Å². The number of nitrogens with one attached hydrogen (secondary N) is 2. The Balaban J connectivity index is 2.13. The Bertz CT molecular complexity index is 731. The molecule has 28 heavy (non-hydrogen) atoms. The lowest BCUT2D eigenvalue weighted by Gasteiger charge is -2.28. The van der Waals surface area contributed by atoms with Gasteiger partial charge in [0.05, 0.1) is 25.4 Å². The van der Waals surface area contributed by atoms with E-state index in [1.54, 1.807) is 14.0 Å². The second-order valence-corrected chi connectivity index (χ2v) is 9.36. The normalized spacial score (nSPS) is 16.8. The molecule has 0 bridgehead atoms. The zero-order chi connectivity index (χ0) is 20.4. The van der Waals surface area contributed by atoms with Crippen LogP contribution in [0.1, 0.15) is 38.3 Å². The fraction of sp³-hybridized carbons (Fsp3) is 0.650. The lowest BCUT2D eigenvalue weighted by atomic mass is 10.0. The molecule has 0 saturated carbocycles. The van der Waals surface area contributed by atoms with Crippen LogP contribution in [0, 0.1) is 0 Å². The molecule has 1 heterocycles. The zero-order valence-electron chi connectivity index (χ0n) is 17.3. The number of aliphatic imine (C=N–C) groups is 1. The Labute approximate surface area is 169 Å². The molecule has 1 aliphatic rings. The van der Waals surface area contributed by atoms with Crippen LogP contribution in [0.4, 0.5) is 0 Å². The van der Waals surface area contributed by atoms with Gasteiger partial charge in [-0.05, 0) is 38.9 Å². The second-order valence-electron chi connectivity index (χ2n) is 6.88. The largest absolute Gasteiger partial charge is 0.496 e. The highest BCUT2D eigenvalue weighted by Gasteiger charge is 2.25. The number of likely N-dealkylation sites (tertiary alicyclic amines) is 1. The number of para-hydroxylation sites is 1. The summed E-state index contributed by atoms with van der Waals surface area (Å²) in [5, 5.41) is 6.35. The fourth-order valence-corrected chi connectivity index (χ4v) is 4.10. The number of rotatable bonds is 10. The van der Waals surface area contributed by atoms with Gasteiger partial charge >= 0.3 is 0 Å². The predicted octanol–water partition coefficient (Wildman–Crippen LogP) is 1.82. The van der Waals surface area contributed by atoms with Crippen molar-refractivity contribution in [3.8, 4) is 5.75 Å². The first-order valence-electron chi connectivity index (χ1n) is 10.1. The molecule has 0 aromatic heterocycles. The van der Waals surface area contributed by atoms with Crippen molar-refractivity contribution < 1.29 is 13.2 Å². The molecule has 1 aromatic carbocycles. The minimum Gasteiger partial charge on any atom is -0.496 e. The molecule has 0 spiro atoms. The molecule has 0 aliphatic carbocycles. The Morgan fingerprint density at radius 2 is 1.93 bits per heavy atom. The van der Waals surface area contributed by atoms with Crippen LogP contribution in [0.15, 0.2) is 29.3 Å². The first-order chi connectivity index (χ1) is 13.5. The van der Waals surface area contributed by atoms with Crippen molar-refractivity contribution >= 4 is 15.8 Å². The number of ether oxygens (including phenoxy) is 1. The zero-order valence-corrected chi connectivity index (χ0v) is 18.1. The molecule has 1 atom stereocenters. The van der Waals surface area contributed by atoms with Crippen molar-refractivity contribution in [3.63, 3.8) is 0 Å². The lowest BCUT2D eigenvalue weighted by molar-refractivity contribution is 0.245. The maximum absolute atomic E-state index is 11.7. The number of sulfone groups is 1. The smallest absolute Gasteiger partial charge is 0.191 e. The third-order valence-electron chi connectivity index (χ3n) is 4.99. The van der Waals surface area contributed by atoms with E-state index in [-0.39, 0.29) is 17.5 Å². The quantitative estimate of drug-likeness (QED) is 0.452. The van der Waals surface area contributed by atoms with Crippen LogP contribution in [0.5, 0.6) is 5.75 Å². The first kappa shape index (κ1) is 22.5. The van der Waals surface area contributed by atoms with Gasteiger partial charge in [-0.2, -0.15) is 0 Å². The van der Waals surface area contributed by atoms with E-state index < -0.39 is 9.84 Å². The minimum absolute atomic E-state index is 0.107. The highest BCUT2D eigenvalue weighted by atomic mass is 32.2. The van der Waals surface area contributed by atoms with Crippen LogP contribution in [-0.2, 0) is 9.84 Å². The molecular weight excluding hydrogens is 376 g/mol. The Kier molecular flexibility index (Phi) is 9.05. The van der Waals surface area contributed by atoms with E-state index in [1.165, 1.54) is 12.8 Å². The van der Waals surface area contributed by atoms with Crippen molar-refractivity contribution in [2.45, 2.75) is 32.7 Å². The van der Waals surface area contributed by atoms with Crippen molar-refractivity contribution in [2.24, 2.45) is 4.99 Å². The van der Waals surface area contributed by atoms with Crippen LogP contribution >= 0.6 is 0 Å². The molecule has 8 heteroatoms. The van der Waals surface area contributed by atoms with Gasteiger partial charge in [0.1, 0.15) is 5.75 Å². The molecule has 2 rings (SSSR count). The highest BCUT2D eigenvalue weighted by molar-refractivity contribution is 7.91. The number of guanidine groups is 1. The molecule has 1 saturated heterocycles. The highest BCUT2D eigenvalue weighted by Crippen LogP contribution is 2.31. The molecule has 1 aliphatic heterocycles. The summed E-state index contributed by atoms with van der Waals surface area (Å²) < 4.78 is 29.0. The number of nitrogens with zero attached hydrogens (tertiary/aromatic N) is 2. The number of benzene rings is 1. The first-order valence-corrected chi connectivity index (χ1v) is 11.9. The fourth-order valence-electron chi connectivity index (χ4n) is 3.39. The van der Waals surface area contributed by atoms with Gasteiger partial charge in [-0.15, -0.1) is 0 Å². The summed E-state index contributed by atoms with van der Waals surface area (Å²) in [6, 6.07) is 8.23. The molecular formula is C20H34N4O3S. The maximum Gasteiger partial charge on any atom is 0.191 e. The average molecular weight is 411 g/mol. The topological polar surface area (TPSA) is 83.0 Å². The van der Waals surface area contributed by atoms with Crippen LogP contribution < -0.4 is 15.4 Å². The summed E-state index contributed by atoms with van der Waals surface area (Å²) in [7, 11) is -1.30. The van der Waals surface area contributed by atoms with Gasteiger partial charge in [0, 0.05) is 24.4 Å². The van der Waals surface area contributed by atoms with Crippen LogP contribution in [0.2, 0.25) is 0 Å². The van der Waals surface area contributed by atoms with E-state index in [4.69, 9.17) is 9.73 Å². The average Bonchev–Trinajstić information content (AvgIpc) is 3.23. The number of hydrogen-bond donors (Lipinski definition) is 2. The summed E-state index contributed by atoms with van der Waals surface area (Å²) >= 11 is 0. The van der Waals surface area contributed by atoms with Gasteiger partial charge in [-0.3, -0.25) is 9.89 Å². The Morgan fingerprint density at radius 1 is 1.21 bits per heavy atom. The minimum atomic E-state index is -3.00. The maximum atomic E-state index is 11.7. The molecule has 0 radical (unpaired) electrons. The van der Waals surface area contributed by atoms with E-state index in [9.17, 15) is 8.42 Å². The molecule has 2 N–H and O–H groups in total. The SMILES string of the molecule is CCNC(=NCC(c1ccccc1OC)N1CCCC1)NCCS(=O)(=O)CC. The van der Waals surface area contributed by atoms with Crippen LogP contribution in [-0.4, -0.2) is 70.6 Å². The van der Waals surface area contributed by atoms with E-state index in [0.717, 1.165) is 30.9 Å². The molecule has 1 unspecified atom stereocenters. The Hall–Kier alpha value is -1.80. The molecule has 7 nitrogen and oxygen atoms in total. The Morgan fingerprint density at radius 3 is 2.57 bits per heavy atom. The number of hydrogen-bond acceptors (Lipinski definition) is 5. The third kappa shape index (κ3) is 6.67. The number of methoxy groups -OCH3 is 1. The van der Waals surface area contributed by atoms with Gasteiger partial charge in [0.15, 0.2) is 15.8 Å². The van der Waals surface area contributed by atoms with Gasteiger partial charge in [-0.1, -0.05) is 25.1 Å². The van der Waals surface area contributed by atoms with Crippen molar-refractivity contribution in [1.29, 1.82) is 0 Å². The van der Waals surface area contributed by atoms with E-state index in [2.05, 4.69) is 21.6 Å². The monoisotopic (exact) mass is 410 g/mol. The molecule has 1 fully saturated rings. The van der Waals surface area contributed by atoms with Gasteiger partial charge < -0.3 is 15.4 Å². The predicted molar refractivity (Wildman–Crippen MR) is 115 cm³/mol. The van der Waals surface area contributed by atoms with E-state index >= 15 is 0 Å². The van der Waals surface area contributed by atoms with Crippen molar-refractivity contribution in [1.82, 2.24) is 15.5 Å². The summed E-state index contributed by atoms with van der Waals surface area (Å²) in [6.07, 6.45) is 2.39. The molecule has 158 valence electrons. The van der Waals surface area contributed by atoms with E-state index in [0.29, 0.717) is 19.0 Å². The summed E-state index contributed by atoms with van der Waals surface area (Å²) in [5.41, 5.74) is 1.14. The summed E-state index contributed by atoms with van der Waals surface area (Å²) in [6.45, 7) is 7.42. The van der Waals surface area contributed by atoms with Crippen molar-refractivity contribution in [2.75, 3.05) is 51.3 Å². The third-order valence-corrected chi connectivity index (χ3v) is 6.70. The standard InChI is InChI=1S/C20H34N4O3S/c1-4-21-20(22-12-15-28(25,26)5-2)23-16-18(24-13-8-9-14-24)17-10-6-7-11-19(17)27-3/h6-7,10-11,18H,4-5,8-9,12-16H2,1-3H3,(H2,21,22,23). The molecule has 0 amide bonds. The summed E-state index contributed by atoms with van der Waals surface area (Å²) in [4.78, 5) is 7.21. The van der Waals surface area contributed by atoms with Gasteiger partial charge in [-0.25, -0.2) is 8.42 Å². The van der Waals surface area contributed by atoms with Crippen molar-refractivity contribution in [3.05, 3.63) is 29.8 Å².